The van der Waals surface area contributed by atoms with Crippen LogP contribution in [0.1, 0.15) is 24.9 Å². The van der Waals surface area contributed by atoms with Crippen molar-refractivity contribution in [1.82, 2.24) is 4.31 Å². The van der Waals surface area contributed by atoms with Gasteiger partial charge in [-0.1, -0.05) is 19.1 Å². The Morgan fingerprint density at radius 3 is 2.44 bits per heavy atom. The first-order chi connectivity index (χ1) is 13.0. The highest BCUT2D eigenvalue weighted by molar-refractivity contribution is 7.89. The summed E-state index contributed by atoms with van der Waals surface area (Å²) in [7, 11) is -1.85. The molecule has 1 aliphatic rings. The highest BCUT2D eigenvalue weighted by atomic mass is 32.2. The first-order valence-electron chi connectivity index (χ1n) is 9.04. The van der Waals surface area contributed by atoms with Crippen LogP contribution in [-0.2, 0) is 14.8 Å². The highest BCUT2D eigenvalue weighted by Gasteiger charge is 2.27. The molecule has 0 radical (unpaired) electrons. The summed E-state index contributed by atoms with van der Waals surface area (Å²) in [6.45, 7) is 3.74. The van der Waals surface area contributed by atoms with E-state index in [1.807, 2.05) is 24.3 Å². The SMILES string of the molecule is CC[C@@H](Nc1ccc(S(=O)(=O)N2CCOCC2)c[nH+]1)c1ccc(OC)cc1. The molecule has 1 aliphatic heterocycles. The number of nitrogens with one attached hydrogen (secondary N) is 2. The lowest BCUT2D eigenvalue weighted by molar-refractivity contribution is -0.364. The highest BCUT2D eigenvalue weighted by Crippen LogP contribution is 2.23. The molecule has 1 fully saturated rings. The van der Waals surface area contributed by atoms with E-state index in [1.54, 1.807) is 19.2 Å². The van der Waals surface area contributed by atoms with E-state index in [9.17, 15) is 8.42 Å². The zero-order valence-electron chi connectivity index (χ0n) is 15.6. The van der Waals surface area contributed by atoms with Crippen molar-refractivity contribution in [3.05, 3.63) is 48.2 Å². The van der Waals surface area contributed by atoms with E-state index in [0.717, 1.165) is 23.6 Å². The van der Waals surface area contributed by atoms with Gasteiger partial charge in [-0.15, -0.1) is 0 Å². The molecular weight excluding hydrogens is 366 g/mol. The third-order valence-electron chi connectivity index (χ3n) is 4.65. The average Bonchev–Trinajstić information content (AvgIpc) is 2.73. The molecule has 7 nitrogen and oxygen atoms in total. The van der Waals surface area contributed by atoms with Crippen LogP contribution in [0.5, 0.6) is 5.75 Å². The third-order valence-corrected chi connectivity index (χ3v) is 6.54. The van der Waals surface area contributed by atoms with Gasteiger partial charge in [-0.25, -0.2) is 13.4 Å². The summed E-state index contributed by atoms with van der Waals surface area (Å²) >= 11 is 0. The third kappa shape index (κ3) is 4.58. The van der Waals surface area contributed by atoms with Crippen LogP contribution >= 0.6 is 0 Å². The van der Waals surface area contributed by atoms with Gasteiger partial charge in [0.25, 0.3) is 5.82 Å². The first-order valence-corrected chi connectivity index (χ1v) is 10.5. The second-order valence-electron chi connectivity index (χ2n) is 6.33. The van der Waals surface area contributed by atoms with Gasteiger partial charge in [0.2, 0.25) is 10.0 Å². The van der Waals surface area contributed by atoms with Crippen molar-refractivity contribution in [2.45, 2.75) is 24.3 Å². The zero-order chi connectivity index (χ0) is 19.3. The van der Waals surface area contributed by atoms with Crippen molar-refractivity contribution in [3.63, 3.8) is 0 Å². The normalized spacial score (nSPS) is 16.7. The Bertz CT molecular complexity index is 832. The Hall–Kier alpha value is -2.16. The second-order valence-corrected chi connectivity index (χ2v) is 8.27. The number of rotatable bonds is 7. The molecule has 1 atom stereocenters. The number of H-pyrrole nitrogens is 1. The number of sulfonamides is 1. The van der Waals surface area contributed by atoms with Crippen molar-refractivity contribution >= 4 is 15.8 Å². The number of methoxy groups -OCH3 is 1. The average molecular weight is 393 g/mol. The van der Waals surface area contributed by atoms with E-state index < -0.39 is 10.0 Å². The van der Waals surface area contributed by atoms with Crippen LogP contribution in [0.4, 0.5) is 5.82 Å². The predicted molar refractivity (Wildman–Crippen MR) is 102 cm³/mol. The lowest BCUT2D eigenvalue weighted by Crippen LogP contribution is -2.40. The molecule has 0 spiro atoms. The molecule has 0 bridgehead atoms. The fourth-order valence-corrected chi connectivity index (χ4v) is 4.42. The molecule has 1 saturated heterocycles. The number of hydrogen-bond donors (Lipinski definition) is 1. The van der Waals surface area contributed by atoms with Crippen molar-refractivity contribution in [1.29, 1.82) is 0 Å². The Kier molecular flexibility index (Phi) is 6.30. The fraction of sp³-hybridized carbons (Fsp3) is 0.421. The zero-order valence-corrected chi connectivity index (χ0v) is 16.5. The number of aromatic amines is 1. The van der Waals surface area contributed by atoms with E-state index in [0.29, 0.717) is 26.3 Å². The van der Waals surface area contributed by atoms with Crippen LogP contribution in [0.15, 0.2) is 47.5 Å². The molecular formula is C19H26N3O4S+. The number of hydrogen-bond acceptors (Lipinski definition) is 5. The molecule has 146 valence electrons. The van der Waals surface area contributed by atoms with Crippen LogP contribution in [0.25, 0.3) is 0 Å². The minimum Gasteiger partial charge on any atom is -0.497 e. The van der Waals surface area contributed by atoms with Crippen LogP contribution in [-0.4, -0.2) is 46.1 Å². The van der Waals surface area contributed by atoms with Gasteiger partial charge in [0.15, 0.2) is 0 Å². The standard InChI is InChI=1S/C19H25N3O4S/c1-3-18(15-4-6-16(25-2)7-5-15)21-19-9-8-17(14-20-19)27(23,24)22-10-12-26-13-11-22/h4-9,14,18H,3,10-13H2,1-2H3,(H,20,21)/p+1/t18-/m1/s1. The topological polar surface area (TPSA) is 82.0 Å². The monoisotopic (exact) mass is 392 g/mol. The molecule has 8 heteroatoms. The smallest absolute Gasteiger partial charge is 0.272 e. The van der Waals surface area contributed by atoms with Gasteiger partial charge >= 0.3 is 0 Å². The Labute approximate surface area is 160 Å². The van der Waals surface area contributed by atoms with Crippen molar-refractivity contribution < 1.29 is 22.9 Å². The number of benzene rings is 1. The number of aromatic nitrogens is 1. The number of anilines is 1. The number of nitrogens with zero attached hydrogens (tertiary/aromatic N) is 1. The fourth-order valence-electron chi connectivity index (χ4n) is 3.04. The van der Waals surface area contributed by atoms with Crippen molar-refractivity contribution in [2.24, 2.45) is 0 Å². The largest absolute Gasteiger partial charge is 0.497 e. The quantitative estimate of drug-likeness (QED) is 0.780. The molecule has 1 aromatic carbocycles. The van der Waals surface area contributed by atoms with E-state index in [4.69, 9.17) is 9.47 Å². The molecule has 2 heterocycles. The maximum Gasteiger partial charge on any atom is 0.272 e. The summed E-state index contributed by atoms with van der Waals surface area (Å²) in [5.41, 5.74) is 1.14. The summed E-state index contributed by atoms with van der Waals surface area (Å²) in [4.78, 5) is 3.32. The summed E-state index contributed by atoms with van der Waals surface area (Å²) in [6, 6.07) is 11.4. The number of morpholine rings is 1. The molecule has 27 heavy (non-hydrogen) atoms. The molecule has 0 unspecified atom stereocenters. The summed E-state index contributed by atoms with van der Waals surface area (Å²) in [5.74, 6) is 1.58. The van der Waals surface area contributed by atoms with Gasteiger partial charge in [-0.05, 0) is 30.2 Å². The van der Waals surface area contributed by atoms with Gasteiger partial charge in [0.1, 0.15) is 22.9 Å². The molecule has 0 aliphatic carbocycles. The minimum atomic E-state index is -3.49. The molecule has 0 saturated carbocycles. The lowest BCUT2D eigenvalue weighted by atomic mass is 10.0. The molecule has 1 aromatic heterocycles. The summed E-state index contributed by atoms with van der Waals surface area (Å²) in [6.07, 6.45) is 2.42. The van der Waals surface area contributed by atoms with Crippen LogP contribution in [0.3, 0.4) is 0 Å². The van der Waals surface area contributed by atoms with Crippen molar-refractivity contribution in [2.75, 3.05) is 38.7 Å². The van der Waals surface area contributed by atoms with Gasteiger partial charge in [-0.3, -0.25) is 5.32 Å². The maximum absolute atomic E-state index is 12.7. The Morgan fingerprint density at radius 2 is 1.89 bits per heavy atom. The van der Waals surface area contributed by atoms with Gasteiger partial charge < -0.3 is 9.47 Å². The number of ether oxygens (including phenoxy) is 2. The van der Waals surface area contributed by atoms with Gasteiger partial charge in [-0.2, -0.15) is 4.31 Å². The van der Waals surface area contributed by atoms with Gasteiger partial charge in [0, 0.05) is 19.2 Å². The lowest BCUT2D eigenvalue weighted by Gasteiger charge is -2.25. The van der Waals surface area contributed by atoms with Crippen molar-refractivity contribution in [3.8, 4) is 5.75 Å². The van der Waals surface area contributed by atoms with E-state index in [1.165, 1.54) is 10.5 Å². The molecule has 3 rings (SSSR count). The van der Waals surface area contributed by atoms with E-state index in [-0.39, 0.29) is 10.9 Å². The van der Waals surface area contributed by atoms with Crippen LogP contribution in [0.2, 0.25) is 0 Å². The minimum absolute atomic E-state index is 0.105. The summed E-state index contributed by atoms with van der Waals surface area (Å²) < 4.78 is 37.2. The first kappa shape index (κ1) is 19.6. The Balaban J connectivity index is 1.72. The molecule has 2 N–H and O–H groups in total. The maximum atomic E-state index is 12.7. The van der Waals surface area contributed by atoms with Crippen LogP contribution < -0.4 is 15.0 Å². The molecule has 2 aromatic rings. The van der Waals surface area contributed by atoms with E-state index >= 15 is 0 Å². The van der Waals surface area contributed by atoms with E-state index in [2.05, 4.69) is 17.2 Å². The second kappa shape index (κ2) is 8.69. The molecule has 0 amide bonds. The Morgan fingerprint density at radius 1 is 1.19 bits per heavy atom. The number of pyridine rings is 1. The van der Waals surface area contributed by atoms with Crippen LogP contribution in [0, 0.1) is 0 Å². The predicted octanol–water partition coefficient (Wildman–Crippen LogP) is 2.09. The van der Waals surface area contributed by atoms with Gasteiger partial charge in [0.05, 0.1) is 20.3 Å². The summed E-state index contributed by atoms with van der Waals surface area (Å²) in [5, 5.41) is 3.42.